The molecule has 1 saturated carbocycles. The largest absolute Gasteiger partial charge is 0.357 e. The highest BCUT2D eigenvalue weighted by Gasteiger charge is 2.30. The van der Waals surface area contributed by atoms with Crippen LogP contribution >= 0.6 is 24.0 Å². The van der Waals surface area contributed by atoms with Crippen LogP contribution in [-0.4, -0.2) is 66.5 Å². The normalized spacial score (nSPS) is 19.8. The molecule has 6 nitrogen and oxygen atoms in total. The lowest BCUT2D eigenvalue weighted by Gasteiger charge is -2.24. The molecule has 2 aliphatic rings. The summed E-state index contributed by atoms with van der Waals surface area (Å²) in [5, 5.41) is 7.02. The molecule has 3 rings (SSSR count). The van der Waals surface area contributed by atoms with Gasteiger partial charge in [0, 0.05) is 50.4 Å². The molecule has 1 atom stereocenters. The minimum absolute atomic E-state index is 0. The minimum Gasteiger partial charge on any atom is -0.357 e. The van der Waals surface area contributed by atoms with Gasteiger partial charge in [-0.2, -0.15) is 0 Å². The van der Waals surface area contributed by atoms with Crippen LogP contribution in [0.4, 0.5) is 0 Å². The Morgan fingerprint density at radius 3 is 2.39 bits per heavy atom. The lowest BCUT2D eigenvalue weighted by atomic mass is 10.1. The van der Waals surface area contributed by atoms with Crippen molar-refractivity contribution in [3.63, 3.8) is 0 Å². The Bertz CT molecular complexity index is 698. The summed E-state index contributed by atoms with van der Waals surface area (Å²) in [6.07, 6.45) is 6.70. The Kier molecular flexibility index (Phi) is 11.1. The van der Waals surface area contributed by atoms with Gasteiger partial charge in [0.25, 0.3) is 5.91 Å². The van der Waals surface area contributed by atoms with Crippen LogP contribution in [0.2, 0.25) is 0 Å². The molecule has 2 fully saturated rings. The molecule has 1 unspecified atom stereocenters. The Balaban J connectivity index is 0.00000341. The fraction of sp³-hybridized carbons (Fsp3) is 0.667. The number of likely N-dealkylation sites (tertiary alicyclic amines) is 1. The summed E-state index contributed by atoms with van der Waals surface area (Å²) < 4.78 is 0. The first kappa shape index (κ1) is 25.9. The highest BCUT2D eigenvalue weighted by Crippen LogP contribution is 2.26. The Morgan fingerprint density at radius 1 is 1.10 bits per heavy atom. The molecule has 1 aliphatic carbocycles. The van der Waals surface area contributed by atoms with E-state index in [0.717, 1.165) is 49.3 Å². The summed E-state index contributed by atoms with van der Waals surface area (Å²) in [5.74, 6) is 0.983. The molecule has 1 amide bonds. The van der Waals surface area contributed by atoms with Crippen LogP contribution < -0.4 is 10.6 Å². The molecule has 1 saturated heterocycles. The van der Waals surface area contributed by atoms with Gasteiger partial charge in [-0.15, -0.1) is 24.0 Å². The second kappa shape index (κ2) is 13.3. The van der Waals surface area contributed by atoms with Crippen LogP contribution in [0.25, 0.3) is 0 Å². The van der Waals surface area contributed by atoms with Gasteiger partial charge in [-0.3, -0.25) is 9.69 Å². The predicted octanol–water partition coefficient (Wildman–Crippen LogP) is 3.86. The number of amides is 1. The third-order valence-corrected chi connectivity index (χ3v) is 6.42. The summed E-state index contributed by atoms with van der Waals surface area (Å²) in [5.41, 5.74) is 1.86. The third kappa shape index (κ3) is 7.34. The standard InChI is InChI=1S/C24H39N5O.HI/c1-4-25-24(27-21-15-16-29(18-21)22-9-7-8-10-22)26-17-19-11-13-20(14-12-19)23(30)28(5-2)6-3;/h11-14,21-22H,4-10,15-18H2,1-3H3,(H2,25,26,27);1H. The van der Waals surface area contributed by atoms with Crippen LogP contribution in [0.15, 0.2) is 29.3 Å². The predicted molar refractivity (Wildman–Crippen MR) is 139 cm³/mol. The Morgan fingerprint density at radius 2 is 1.77 bits per heavy atom. The number of aliphatic imine (C=N–C) groups is 1. The van der Waals surface area contributed by atoms with Crippen molar-refractivity contribution in [1.29, 1.82) is 0 Å². The maximum atomic E-state index is 12.5. The third-order valence-electron chi connectivity index (χ3n) is 6.42. The van der Waals surface area contributed by atoms with Gasteiger partial charge in [-0.1, -0.05) is 25.0 Å². The van der Waals surface area contributed by atoms with Crippen molar-refractivity contribution in [3.05, 3.63) is 35.4 Å². The fourth-order valence-corrected chi connectivity index (χ4v) is 4.64. The molecule has 1 aliphatic heterocycles. The molecule has 7 heteroatoms. The number of halogens is 1. The highest BCUT2D eigenvalue weighted by atomic mass is 127. The van der Waals surface area contributed by atoms with Crippen LogP contribution in [0.1, 0.15) is 68.8 Å². The van der Waals surface area contributed by atoms with Gasteiger partial charge >= 0.3 is 0 Å². The van der Waals surface area contributed by atoms with Gasteiger partial charge in [0.15, 0.2) is 5.96 Å². The number of nitrogens with one attached hydrogen (secondary N) is 2. The van der Waals surface area contributed by atoms with Crippen molar-refractivity contribution in [2.75, 3.05) is 32.7 Å². The lowest BCUT2D eigenvalue weighted by Crippen LogP contribution is -2.45. The van der Waals surface area contributed by atoms with Gasteiger partial charge < -0.3 is 15.5 Å². The first-order valence-corrected chi connectivity index (χ1v) is 11.8. The number of hydrogen-bond donors (Lipinski definition) is 2. The maximum Gasteiger partial charge on any atom is 0.253 e. The monoisotopic (exact) mass is 541 g/mol. The Labute approximate surface area is 205 Å². The number of nitrogens with zero attached hydrogens (tertiary/aromatic N) is 3. The molecular formula is C24H40IN5O. The molecule has 0 aromatic heterocycles. The molecular weight excluding hydrogens is 501 g/mol. The van der Waals surface area contributed by atoms with Crippen LogP contribution in [-0.2, 0) is 6.54 Å². The molecule has 31 heavy (non-hydrogen) atoms. The van der Waals surface area contributed by atoms with E-state index in [9.17, 15) is 4.79 Å². The fourth-order valence-electron chi connectivity index (χ4n) is 4.64. The van der Waals surface area contributed by atoms with Crippen molar-refractivity contribution in [1.82, 2.24) is 20.4 Å². The number of carbonyl (C=O) groups excluding carboxylic acids is 1. The van der Waals surface area contributed by atoms with E-state index in [1.165, 1.54) is 38.6 Å². The Hall–Kier alpha value is -1.35. The van der Waals surface area contributed by atoms with Crippen LogP contribution in [0.3, 0.4) is 0 Å². The van der Waals surface area contributed by atoms with Gasteiger partial charge in [-0.25, -0.2) is 4.99 Å². The van der Waals surface area contributed by atoms with E-state index in [0.29, 0.717) is 12.6 Å². The maximum absolute atomic E-state index is 12.5. The molecule has 174 valence electrons. The van der Waals surface area contributed by atoms with E-state index in [1.807, 2.05) is 43.0 Å². The molecule has 1 aromatic rings. The minimum atomic E-state index is 0. The van der Waals surface area contributed by atoms with E-state index in [2.05, 4.69) is 22.5 Å². The SMILES string of the molecule is CCNC(=NCc1ccc(C(=O)N(CC)CC)cc1)NC1CCN(C2CCCC2)C1.I. The van der Waals surface area contributed by atoms with Crippen molar-refractivity contribution in [2.45, 2.75) is 71.5 Å². The second-order valence-corrected chi connectivity index (χ2v) is 8.43. The number of rotatable bonds is 8. The lowest BCUT2D eigenvalue weighted by molar-refractivity contribution is 0.0773. The average molecular weight is 542 g/mol. The number of carbonyl (C=O) groups is 1. The number of guanidine groups is 1. The van der Waals surface area contributed by atoms with Crippen molar-refractivity contribution >= 4 is 35.8 Å². The molecule has 1 aromatic carbocycles. The van der Waals surface area contributed by atoms with E-state index < -0.39 is 0 Å². The first-order chi connectivity index (χ1) is 14.6. The molecule has 2 N–H and O–H groups in total. The average Bonchev–Trinajstić information content (AvgIpc) is 3.45. The van der Waals surface area contributed by atoms with Crippen LogP contribution in [0, 0.1) is 0 Å². The summed E-state index contributed by atoms with van der Waals surface area (Å²) in [7, 11) is 0. The summed E-state index contributed by atoms with van der Waals surface area (Å²) in [6.45, 7) is 11.4. The van der Waals surface area contributed by atoms with Crippen molar-refractivity contribution in [3.8, 4) is 0 Å². The summed E-state index contributed by atoms with van der Waals surface area (Å²) in [6, 6.07) is 9.14. The van der Waals surface area contributed by atoms with Gasteiger partial charge in [-0.05, 0) is 57.7 Å². The number of benzene rings is 1. The van der Waals surface area contributed by atoms with E-state index in [4.69, 9.17) is 4.99 Å². The van der Waals surface area contributed by atoms with E-state index in [1.54, 1.807) is 0 Å². The van der Waals surface area contributed by atoms with E-state index >= 15 is 0 Å². The van der Waals surface area contributed by atoms with Gasteiger partial charge in [0.05, 0.1) is 6.54 Å². The van der Waals surface area contributed by atoms with E-state index in [-0.39, 0.29) is 29.9 Å². The second-order valence-electron chi connectivity index (χ2n) is 8.43. The first-order valence-electron chi connectivity index (χ1n) is 11.8. The zero-order valence-electron chi connectivity index (χ0n) is 19.4. The van der Waals surface area contributed by atoms with Gasteiger partial charge in [0.2, 0.25) is 0 Å². The zero-order chi connectivity index (χ0) is 21.3. The number of hydrogen-bond acceptors (Lipinski definition) is 3. The van der Waals surface area contributed by atoms with Gasteiger partial charge in [0.1, 0.15) is 0 Å². The summed E-state index contributed by atoms with van der Waals surface area (Å²) >= 11 is 0. The van der Waals surface area contributed by atoms with Crippen molar-refractivity contribution in [2.24, 2.45) is 4.99 Å². The molecule has 1 heterocycles. The van der Waals surface area contributed by atoms with Crippen LogP contribution in [0.5, 0.6) is 0 Å². The molecule has 0 radical (unpaired) electrons. The summed E-state index contributed by atoms with van der Waals surface area (Å²) in [4.78, 5) is 21.8. The zero-order valence-corrected chi connectivity index (χ0v) is 21.7. The van der Waals surface area contributed by atoms with Crippen molar-refractivity contribution < 1.29 is 4.79 Å². The molecule has 0 bridgehead atoms. The molecule has 0 spiro atoms. The highest BCUT2D eigenvalue weighted by molar-refractivity contribution is 14.0. The quantitative estimate of drug-likeness (QED) is 0.298. The smallest absolute Gasteiger partial charge is 0.253 e. The topological polar surface area (TPSA) is 60.0 Å².